The Morgan fingerprint density at radius 1 is 1.22 bits per heavy atom. The fourth-order valence-corrected chi connectivity index (χ4v) is 2.94. The number of carbonyl (C=O) groups is 2. The highest BCUT2D eigenvalue weighted by Gasteiger charge is 2.16. The van der Waals surface area contributed by atoms with E-state index in [9.17, 15) is 9.59 Å². The van der Waals surface area contributed by atoms with Crippen molar-refractivity contribution in [2.24, 2.45) is 0 Å². The number of carbonyl (C=O) groups excluding carboxylic acids is 2. The lowest BCUT2D eigenvalue weighted by Crippen LogP contribution is -2.46. The molecule has 1 fully saturated rings. The second-order valence-corrected chi connectivity index (χ2v) is 5.95. The Bertz CT molecular complexity index is 582. The number of ether oxygens (including phenoxy) is 1. The number of anilines is 1. The summed E-state index contributed by atoms with van der Waals surface area (Å²) in [4.78, 5) is 25.3. The molecule has 0 aliphatic carbocycles. The zero-order valence-corrected chi connectivity index (χ0v) is 13.3. The van der Waals surface area contributed by atoms with Gasteiger partial charge in [-0.3, -0.25) is 9.59 Å². The molecule has 0 radical (unpaired) electrons. The van der Waals surface area contributed by atoms with Gasteiger partial charge in [-0.1, -0.05) is 0 Å². The molecule has 23 heavy (non-hydrogen) atoms. The topological polar surface area (TPSA) is 70.7 Å². The first-order valence-corrected chi connectivity index (χ1v) is 8.26. The first kappa shape index (κ1) is 15.8. The fraction of sp³-hybridized carbons (Fsp3) is 0.529. The number of hydrogen-bond acceptors (Lipinski definition) is 4. The highest BCUT2D eigenvalue weighted by molar-refractivity contribution is 5.94. The third-order valence-electron chi connectivity index (χ3n) is 4.25. The van der Waals surface area contributed by atoms with Crippen LogP contribution in [0.2, 0.25) is 0 Å². The van der Waals surface area contributed by atoms with Crippen molar-refractivity contribution in [2.45, 2.75) is 25.7 Å². The number of piperazine rings is 1. The minimum absolute atomic E-state index is 0.0672. The van der Waals surface area contributed by atoms with Crippen LogP contribution in [0.3, 0.4) is 0 Å². The number of nitrogens with one attached hydrogen (secondary N) is 2. The summed E-state index contributed by atoms with van der Waals surface area (Å²) in [5.41, 5.74) is 1.99. The molecule has 124 valence electrons. The van der Waals surface area contributed by atoms with E-state index in [0.29, 0.717) is 19.4 Å². The minimum Gasteiger partial charge on any atom is -0.494 e. The summed E-state index contributed by atoms with van der Waals surface area (Å²) in [6.07, 6.45) is 2.52. The first-order valence-electron chi connectivity index (χ1n) is 8.26. The largest absolute Gasteiger partial charge is 0.494 e. The van der Waals surface area contributed by atoms with Crippen LogP contribution >= 0.6 is 0 Å². The van der Waals surface area contributed by atoms with E-state index in [-0.39, 0.29) is 11.8 Å². The van der Waals surface area contributed by atoms with E-state index in [0.717, 1.165) is 56.0 Å². The summed E-state index contributed by atoms with van der Waals surface area (Å²) in [5, 5.41) is 6.10. The van der Waals surface area contributed by atoms with E-state index in [1.165, 1.54) is 0 Å². The number of nitrogens with zero attached hydrogens (tertiary/aromatic N) is 1. The third kappa shape index (κ3) is 4.22. The van der Waals surface area contributed by atoms with E-state index < -0.39 is 0 Å². The van der Waals surface area contributed by atoms with Crippen LogP contribution in [0, 0.1) is 0 Å². The van der Waals surface area contributed by atoms with Crippen molar-refractivity contribution >= 4 is 17.5 Å². The summed E-state index contributed by atoms with van der Waals surface area (Å²) in [6, 6.07) is 5.73. The molecule has 0 saturated carbocycles. The molecule has 0 atom stereocenters. The molecule has 0 aromatic heterocycles. The average Bonchev–Trinajstić information content (AvgIpc) is 2.59. The predicted octanol–water partition coefficient (Wildman–Crippen LogP) is 1.16. The number of fused-ring (bicyclic) bond motifs is 1. The Balaban J connectivity index is 1.42. The van der Waals surface area contributed by atoms with E-state index >= 15 is 0 Å². The van der Waals surface area contributed by atoms with Crippen LogP contribution in [-0.4, -0.2) is 49.5 Å². The summed E-state index contributed by atoms with van der Waals surface area (Å²) in [6.45, 7) is 3.90. The van der Waals surface area contributed by atoms with Gasteiger partial charge in [0, 0.05) is 44.7 Å². The summed E-state index contributed by atoms with van der Waals surface area (Å²) < 4.78 is 5.74. The highest BCUT2D eigenvalue weighted by Crippen LogP contribution is 2.26. The molecule has 0 spiro atoms. The number of hydrogen-bond donors (Lipinski definition) is 2. The Hall–Kier alpha value is -2.08. The molecule has 1 aromatic rings. The molecule has 2 heterocycles. The molecule has 2 amide bonds. The lowest BCUT2D eigenvalue weighted by molar-refractivity contribution is -0.132. The molecule has 2 N–H and O–H groups in total. The van der Waals surface area contributed by atoms with Crippen molar-refractivity contribution in [3.63, 3.8) is 0 Å². The van der Waals surface area contributed by atoms with Crippen LogP contribution in [0.25, 0.3) is 0 Å². The van der Waals surface area contributed by atoms with Crippen molar-refractivity contribution in [1.82, 2.24) is 10.2 Å². The molecular formula is C17H23N3O3. The van der Waals surface area contributed by atoms with Gasteiger partial charge < -0.3 is 20.3 Å². The molecule has 3 rings (SSSR count). The molecule has 1 saturated heterocycles. The van der Waals surface area contributed by atoms with Crippen LogP contribution in [0.15, 0.2) is 18.2 Å². The highest BCUT2D eigenvalue weighted by atomic mass is 16.5. The molecule has 0 unspecified atom stereocenters. The monoisotopic (exact) mass is 317 g/mol. The van der Waals surface area contributed by atoms with Crippen molar-refractivity contribution in [3.8, 4) is 5.75 Å². The molecular weight excluding hydrogens is 294 g/mol. The maximum absolute atomic E-state index is 12.0. The molecule has 6 heteroatoms. The Labute approximate surface area is 136 Å². The van der Waals surface area contributed by atoms with Gasteiger partial charge in [0.05, 0.1) is 6.61 Å². The average molecular weight is 317 g/mol. The normalized spacial score (nSPS) is 17.4. The first-order chi connectivity index (χ1) is 11.2. The van der Waals surface area contributed by atoms with Gasteiger partial charge in [-0.05, 0) is 36.6 Å². The quantitative estimate of drug-likeness (QED) is 0.800. The van der Waals surface area contributed by atoms with E-state index in [1.807, 2.05) is 23.1 Å². The maximum Gasteiger partial charge on any atom is 0.224 e. The van der Waals surface area contributed by atoms with E-state index in [2.05, 4.69) is 10.6 Å². The van der Waals surface area contributed by atoms with Gasteiger partial charge in [0.1, 0.15) is 5.75 Å². The van der Waals surface area contributed by atoms with Crippen molar-refractivity contribution in [3.05, 3.63) is 23.8 Å². The molecule has 1 aromatic carbocycles. The standard InChI is InChI=1S/C17H23N3O3/c21-16-6-3-13-12-14(4-5-15(13)19-16)23-11-1-2-17(22)20-9-7-18-8-10-20/h4-5,12,18H,1-3,6-11H2,(H,19,21). The zero-order valence-electron chi connectivity index (χ0n) is 13.3. The molecule has 2 aliphatic heterocycles. The molecule has 2 aliphatic rings. The molecule has 0 bridgehead atoms. The van der Waals surface area contributed by atoms with Gasteiger partial charge in [0.2, 0.25) is 11.8 Å². The van der Waals surface area contributed by atoms with Crippen molar-refractivity contribution in [1.29, 1.82) is 0 Å². The number of rotatable bonds is 5. The summed E-state index contributed by atoms with van der Waals surface area (Å²) in [7, 11) is 0. The van der Waals surface area contributed by atoms with Gasteiger partial charge in [-0.2, -0.15) is 0 Å². The lowest BCUT2D eigenvalue weighted by Gasteiger charge is -2.27. The summed E-state index contributed by atoms with van der Waals surface area (Å²) in [5.74, 6) is 1.08. The Morgan fingerprint density at radius 2 is 2.04 bits per heavy atom. The van der Waals surface area contributed by atoms with Crippen LogP contribution in [0.4, 0.5) is 5.69 Å². The van der Waals surface area contributed by atoms with Crippen LogP contribution in [0.1, 0.15) is 24.8 Å². The van der Waals surface area contributed by atoms with Crippen LogP contribution in [0.5, 0.6) is 5.75 Å². The third-order valence-corrected chi connectivity index (χ3v) is 4.25. The zero-order chi connectivity index (χ0) is 16.1. The number of benzene rings is 1. The summed E-state index contributed by atoms with van der Waals surface area (Å²) >= 11 is 0. The van der Waals surface area contributed by atoms with Gasteiger partial charge in [-0.15, -0.1) is 0 Å². The fourth-order valence-electron chi connectivity index (χ4n) is 2.94. The maximum atomic E-state index is 12.0. The molecule has 6 nitrogen and oxygen atoms in total. The van der Waals surface area contributed by atoms with Crippen molar-refractivity contribution < 1.29 is 14.3 Å². The Kier molecular flexibility index (Phi) is 5.12. The minimum atomic E-state index is 0.0672. The van der Waals surface area contributed by atoms with Crippen LogP contribution in [-0.2, 0) is 16.0 Å². The Morgan fingerprint density at radius 3 is 2.87 bits per heavy atom. The smallest absolute Gasteiger partial charge is 0.224 e. The van der Waals surface area contributed by atoms with Gasteiger partial charge >= 0.3 is 0 Å². The van der Waals surface area contributed by atoms with Gasteiger partial charge in [0.25, 0.3) is 0 Å². The predicted molar refractivity (Wildman–Crippen MR) is 87.6 cm³/mol. The van der Waals surface area contributed by atoms with Gasteiger partial charge in [0.15, 0.2) is 0 Å². The van der Waals surface area contributed by atoms with Gasteiger partial charge in [-0.25, -0.2) is 0 Å². The second-order valence-electron chi connectivity index (χ2n) is 5.95. The number of amides is 2. The second kappa shape index (κ2) is 7.46. The lowest BCUT2D eigenvalue weighted by atomic mass is 10.0. The number of aryl methyl sites for hydroxylation is 1. The van der Waals surface area contributed by atoms with Crippen molar-refractivity contribution in [2.75, 3.05) is 38.1 Å². The van der Waals surface area contributed by atoms with E-state index in [4.69, 9.17) is 4.74 Å². The SMILES string of the molecule is O=C1CCc2cc(OCCCC(=O)N3CCNCC3)ccc2N1. The van der Waals surface area contributed by atoms with Crippen LogP contribution < -0.4 is 15.4 Å². The van der Waals surface area contributed by atoms with E-state index in [1.54, 1.807) is 0 Å².